The first-order valence-electron chi connectivity index (χ1n) is 10.9. The average molecular weight is 555 g/mol. The van der Waals surface area contributed by atoms with E-state index in [1.54, 1.807) is 25.2 Å². The molecule has 0 unspecified atom stereocenters. The first-order valence-corrected chi connectivity index (χ1v) is 12.7. The smallest absolute Gasteiger partial charge is 0.312 e. The molecule has 13 nitrogen and oxygen atoms in total. The maximum absolute atomic E-state index is 11.9. The quantitative estimate of drug-likeness (QED) is 0.225. The lowest BCUT2D eigenvalue weighted by atomic mass is 9.93. The number of phenols is 1. The van der Waals surface area contributed by atoms with E-state index in [9.17, 15) is 13.5 Å². The molecule has 0 spiro atoms. The summed E-state index contributed by atoms with van der Waals surface area (Å²) in [6, 6.07) is 2.22. The predicted molar refractivity (Wildman–Crippen MR) is 145 cm³/mol. The number of anilines is 1. The van der Waals surface area contributed by atoms with Crippen LogP contribution in [0, 0.1) is 12.3 Å². The largest absolute Gasteiger partial charge is 0.507 e. The van der Waals surface area contributed by atoms with E-state index in [1.807, 2.05) is 0 Å². The number of hydrogen-bond acceptors (Lipinski definition) is 13. The maximum Gasteiger partial charge on any atom is 0.312 e. The second-order valence-corrected chi connectivity index (χ2v) is 9.75. The van der Waals surface area contributed by atoms with E-state index in [0.717, 1.165) is 6.07 Å². The van der Waals surface area contributed by atoms with Gasteiger partial charge < -0.3 is 10.4 Å². The molecule has 2 aromatic rings. The van der Waals surface area contributed by atoms with E-state index in [2.05, 4.69) is 46.7 Å². The number of phenolic OH excluding ortho intramolecular Hbond substituents is 1. The van der Waals surface area contributed by atoms with Gasteiger partial charge in [-0.2, -0.15) is 38.7 Å². The van der Waals surface area contributed by atoms with E-state index in [-0.39, 0.29) is 33.1 Å². The van der Waals surface area contributed by atoms with Crippen molar-refractivity contribution in [3.05, 3.63) is 65.3 Å². The SMILES string of the molecule is [CH2+]CCNc1nc(Cl)nc(N=C2C=CC(=NN=C3C(=N)C=Cc4cc(S(=O)(=O)ON)cc(O)c43)C(C)=C2)n1. The van der Waals surface area contributed by atoms with Gasteiger partial charge in [-0.3, -0.25) is 5.41 Å². The summed E-state index contributed by atoms with van der Waals surface area (Å²) in [5.74, 6) is 4.83. The minimum absolute atomic E-state index is 0.00253. The Labute approximate surface area is 222 Å². The highest BCUT2D eigenvalue weighted by molar-refractivity contribution is 7.86. The van der Waals surface area contributed by atoms with Crippen LogP contribution in [0.3, 0.4) is 0 Å². The number of benzene rings is 1. The number of nitrogens with zero attached hydrogens (tertiary/aromatic N) is 6. The molecule has 0 fully saturated rings. The van der Waals surface area contributed by atoms with E-state index >= 15 is 0 Å². The average Bonchev–Trinajstić information content (AvgIpc) is 2.87. The van der Waals surface area contributed by atoms with Crippen molar-refractivity contribution in [3.63, 3.8) is 0 Å². The van der Waals surface area contributed by atoms with Crippen LogP contribution in [0.15, 0.2) is 62.1 Å². The van der Waals surface area contributed by atoms with Crippen LogP contribution in [0.25, 0.3) is 6.08 Å². The summed E-state index contributed by atoms with van der Waals surface area (Å²) in [5, 5.41) is 30.2. The molecule has 0 radical (unpaired) electrons. The molecule has 1 heterocycles. The van der Waals surface area contributed by atoms with Gasteiger partial charge in [0.1, 0.15) is 17.9 Å². The molecule has 1 aromatic heterocycles. The van der Waals surface area contributed by atoms with Gasteiger partial charge in [-0.1, -0.05) is 6.08 Å². The Morgan fingerprint density at radius 2 is 1.97 bits per heavy atom. The van der Waals surface area contributed by atoms with Gasteiger partial charge in [0.05, 0.1) is 41.1 Å². The summed E-state index contributed by atoms with van der Waals surface area (Å²) >= 11 is 5.97. The van der Waals surface area contributed by atoms with Gasteiger partial charge in [0.2, 0.25) is 11.2 Å². The standard InChI is InChI=1S/C23H20ClN9O4S/c1-3-8-27-22-29-21(24)30-23(31-22)28-14-5-7-17(12(2)9-14)32-33-20-16(25)6-4-13-10-15(38(35,36)37-26)11-18(34)19(13)20/h4-7,9-11,25H,1,3,8,26H2,2H3,(H-,27,28,29,30,31,33,34)/p+1. The van der Waals surface area contributed by atoms with Crippen LogP contribution in [-0.2, 0) is 14.4 Å². The van der Waals surface area contributed by atoms with Crippen LogP contribution in [-0.4, -0.2) is 57.9 Å². The lowest BCUT2D eigenvalue weighted by Gasteiger charge is -2.16. The fraction of sp³-hybridized carbons (Fsp3) is 0.130. The molecule has 2 aliphatic carbocycles. The highest BCUT2D eigenvalue weighted by atomic mass is 35.5. The predicted octanol–water partition coefficient (Wildman–Crippen LogP) is 2.93. The molecule has 0 aliphatic heterocycles. The lowest BCUT2D eigenvalue weighted by molar-refractivity contribution is 0.332. The maximum atomic E-state index is 11.9. The summed E-state index contributed by atoms with van der Waals surface area (Å²) < 4.78 is 27.9. The molecule has 0 saturated carbocycles. The number of rotatable bonds is 7. The van der Waals surface area contributed by atoms with Gasteiger partial charge in [0.15, 0.2) is 0 Å². The topological polar surface area (TPSA) is 201 Å². The van der Waals surface area contributed by atoms with E-state index in [0.29, 0.717) is 41.5 Å². The van der Waals surface area contributed by atoms with Crippen LogP contribution in [0.4, 0.5) is 11.9 Å². The second-order valence-electron chi connectivity index (χ2n) is 7.84. The van der Waals surface area contributed by atoms with Gasteiger partial charge in [0.25, 0.3) is 5.95 Å². The molecule has 4 rings (SSSR count). The Hall–Kier alpha value is -4.24. The fourth-order valence-corrected chi connectivity index (χ4v) is 4.21. The van der Waals surface area contributed by atoms with E-state index in [1.165, 1.54) is 18.2 Å². The van der Waals surface area contributed by atoms with Crippen molar-refractivity contribution < 1.29 is 17.8 Å². The number of nitrogens with two attached hydrogens (primary N) is 1. The zero-order chi connectivity index (χ0) is 27.4. The first kappa shape index (κ1) is 26.8. The highest BCUT2D eigenvalue weighted by Crippen LogP contribution is 2.31. The molecule has 15 heteroatoms. The monoisotopic (exact) mass is 554 g/mol. The van der Waals surface area contributed by atoms with Crippen molar-refractivity contribution in [1.82, 2.24) is 15.0 Å². The van der Waals surface area contributed by atoms with E-state index < -0.39 is 15.9 Å². The third-order valence-electron chi connectivity index (χ3n) is 5.18. The number of aromatic nitrogens is 3. The highest BCUT2D eigenvalue weighted by Gasteiger charge is 2.25. The zero-order valence-electron chi connectivity index (χ0n) is 19.9. The van der Waals surface area contributed by atoms with Crippen molar-refractivity contribution in [2.24, 2.45) is 21.1 Å². The number of fused-ring (bicyclic) bond motifs is 1. The summed E-state index contributed by atoms with van der Waals surface area (Å²) in [5.41, 5.74) is 2.19. The molecule has 0 bridgehead atoms. The molecular weight excluding hydrogens is 534 g/mol. The van der Waals surface area contributed by atoms with Crippen LogP contribution < -0.4 is 11.2 Å². The molecule has 1 aromatic carbocycles. The van der Waals surface area contributed by atoms with Crippen molar-refractivity contribution in [2.75, 3.05) is 11.9 Å². The number of aliphatic imine (C=N–C) groups is 1. The van der Waals surface area contributed by atoms with Crippen molar-refractivity contribution >= 4 is 62.5 Å². The lowest BCUT2D eigenvalue weighted by Crippen LogP contribution is -2.19. The minimum Gasteiger partial charge on any atom is -0.507 e. The molecule has 0 atom stereocenters. The Bertz CT molecular complexity index is 1610. The molecule has 0 amide bonds. The van der Waals surface area contributed by atoms with Crippen LogP contribution >= 0.6 is 11.6 Å². The van der Waals surface area contributed by atoms with Gasteiger partial charge in [-0.25, -0.2) is 4.99 Å². The number of halogens is 1. The summed E-state index contributed by atoms with van der Waals surface area (Å²) in [6.45, 7) is 6.10. The molecule has 5 N–H and O–H groups in total. The first-order chi connectivity index (χ1) is 18.1. The normalized spacial score (nSPS) is 18.2. The Morgan fingerprint density at radius 3 is 2.68 bits per heavy atom. The van der Waals surface area contributed by atoms with Crippen LogP contribution in [0.1, 0.15) is 24.5 Å². The van der Waals surface area contributed by atoms with Gasteiger partial charge in [0, 0.05) is 6.07 Å². The number of hydrogen-bond donors (Lipinski definition) is 4. The number of aromatic hydroxyl groups is 1. The summed E-state index contributed by atoms with van der Waals surface area (Å²) in [7, 11) is -4.25. The number of allylic oxidation sites excluding steroid dienone is 5. The van der Waals surface area contributed by atoms with Crippen molar-refractivity contribution in [1.29, 1.82) is 5.41 Å². The molecular formula is C23H21ClN9O4S+. The van der Waals surface area contributed by atoms with Gasteiger partial charge >= 0.3 is 10.1 Å². The third kappa shape index (κ3) is 5.84. The second kappa shape index (κ2) is 11.0. The fourth-order valence-electron chi connectivity index (χ4n) is 3.41. The van der Waals surface area contributed by atoms with Crippen molar-refractivity contribution in [2.45, 2.75) is 18.2 Å². The molecule has 194 valence electrons. The molecule has 2 aliphatic rings. The third-order valence-corrected chi connectivity index (χ3v) is 6.42. The van der Waals surface area contributed by atoms with E-state index in [4.69, 9.17) is 22.9 Å². The van der Waals surface area contributed by atoms with Gasteiger partial charge in [-0.15, -0.1) is 5.10 Å². The minimum atomic E-state index is -4.25. The Morgan fingerprint density at radius 1 is 1.18 bits per heavy atom. The summed E-state index contributed by atoms with van der Waals surface area (Å²) in [4.78, 5) is 16.3. The number of nitrogens with one attached hydrogen (secondary N) is 2. The zero-order valence-corrected chi connectivity index (χ0v) is 21.5. The molecule has 0 saturated heterocycles. The Kier molecular flexibility index (Phi) is 7.78. The Balaban J connectivity index is 1.63. The summed E-state index contributed by atoms with van der Waals surface area (Å²) in [6.07, 6.45) is 8.60. The van der Waals surface area contributed by atoms with Gasteiger partial charge in [-0.05, 0) is 60.0 Å². The van der Waals surface area contributed by atoms with Crippen LogP contribution in [0.2, 0.25) is 5.28 Å². The molecule has 38 heavy (non-hydrogen) atoms. The van der Waals surface area contributed by atoms with Crippen LogP contribution in [0.5, 0.6) is 5.75 Å². The van der Waals surface area contributed by atoms with Crippen molar-refractivity contribution in [3.8, 4) is 5.75 Å².